The van der Waals surface area contributed by atoms with E-state index < -0.39 is 0 Å². The molecule has 0 aromatic heterocycles. The van der Waals surface area contributed by atoms with Gasteiger partial charge in [-0.15, -0.1) is 0 Å². The van der Waals surface area contributed by atoms with Gasteiger partial charge in [0.1, 0.15) is 70.8 Å². The van der Waals surface area contributed by atoms with Crippen molar-refractivity contribution in [3.8, 4) is 70.8 Å². The van der Waals surface area contributed by atoms with Crippen LogP contribution in [0, 0.1) is 90.6 Å². The quantitative estimate of drug-likeness (QED) is 0.153. The highest BCUT2D eigenvalue weighted by Gasteiger charge is 2.29. The number of benzene rings is 11. The maximum absolute atomic E-state index is 11.1. The third kappa shape index (κ3) is 9.15. The van der Waals surface area contributed by atoms with Crippen LogP contribution in [-0.2, 0) is 21.7 Å². The summed E-state index contributed by atoms with van der Waals surface area (Å²) in [5.41, 5.74) is 5.32. The van der Waals surface area contributed by atoms with E-state index in [0.717, 1.165) is 66.1 Å². The van der Waals surface area contributed by atoms with Gasteiger partial charge in [-0.1, -0.05) is 168 Å². The molecule has 8 heteroatoms. The average molecular weight is 1110 g/mol. The first kappa shape index (κ1) is 56.7. The lowest BCUT2D eigenvalue weighted by Crippen LogP contribution is -2.19. The molecule has 0 heterocycles. The molecule has 0 bridgehead atoms. The van der Waals surface area contributed by atoms with E-state index in [-0.39, 0.29) is 44.0 Å². The van der Waals surface area contributed by atoms with Gasteiger partial charge in [-0.2, -0.15) is 42.1 Å². The summed E-state index contributed by atoms with van der Waals surface area (Å²) in [6.07, 6.45) is 0. The van der Waals surface area contributed by atoms with Crippen molar-refractivity contribution in [3.63, 3.8) is 0 Å². The largest absolute Gasteiger partial charge is 0.192 e. The first-order valence-corrected chi connectivity index (χ1v) is 28.5. The van der Waals surface area contributed by atoms with E-state index in [2.05, 4.69) is 168 Å². The summed E-state index contributed by atoms with van der Waals surface area (Å²) in [7, 11) is 0. The van der Waals surface area contributed by atoms with Gasteiger partial charge >= 0.3 is 0 Å². The van der Waals surface area contributed by atoms with E-state index in [4.69, 9.17) is 0 Å². The second-order valence-electron chi connectivity index (χ2n) is 26.6. The predicted molar refractivity (Wildman–Crippen MR) is 349 cm³/mol. The zero-order chi connectivity index (χ0) is 61.7. The molecule has 0 atom stereocenters. The molecule has 0 aliphatic carbocycles. The second kappa shape index (κ2) is 20.4. The number of fused-ring (bicyclic) bond motifs is 8. The Labute approximate surface area is 500 Å². The van der Waals surface area contributed by atoms with Crippen LogP contribution in [0.25, 0.3) is 131 Å². The lowest BCUT2D eigenvalue weighted by atomic mass is 9.75. The van der Waals surface area contributed by atoms with Crippen LogP contribution in [0.15, 0.2) is 133 Å². The summed E-state index contributed by atoms with van der Waals surface area (Å²) in [6.45, 7) is 26.1. The first-order valence-electron chi connectivity index (χ1n) is 28.5. The number of nitriles is 8. The fourth-order valence-corrected chi connectivity index (χ4v) is 12.6. The summed E-state index contributed by atoms with van der Waals surface area (Å²) in [6, 6.07) is 62.6. The first-order chi connectivity index (χ1) is 40.8. The zero-order valence-electron chi connectivity index (χ0n) is 50.3. The molecular formula is C78H58N8. The average Bonchev–Trinajstić information content (AvgIpc) is 0.709. The monoisotopic (exact) mass is 1110 g/mol. The van der Waals surface area contributed by atoms with Crippen LogP contribution in [0.2, 0.25) is 0 Å². The summed E-state index contributed by atoms with van der Waals surface area (Å²) < 4.78 is 0. The van der Waals surface area contributed by atoms with Crippen molar-refractivity contribution < 1.29 is 0 Å². The topological polar surface area (TPSA) is 190 Å². The lowest BCUT2D eigenvalue weighted by Gasteiger charge is -2.28. The molecule has 0 aliphatic rings. The smallest absolute Gasteiger partial charge is 0.138 e. The molecule has 0 radical (unpaired) electrons. The third-order valence-corrected chi connectivity index (χ3v) is 17.1. The van der Waals surface area contributed by atoms with E-state index in [1.54, 1.807) is 0 Å². The second-order valence-corrected chi connectivity index (χ2v) is 26.6. The molecule has 0 amide bonds. The van der Waals surface area contributed by atoms with Crippen LogP contribution >= 0.6 is 0 Å². The van der Waals surface area contributed by atoms with Crippen LogP contribution in [0.1, 0.15) is 105 Å². The van der Waals surface area contributed by atoms with Gasteiger partial charge in [0.2, 0.25) is 0 Å². The number of nitrogens with zero attached hydrogens (tertiary/aromatic N) is 8. The standard InChI is InChI=1S/C78H58N8/c1-75(2,3)53-21-47(22-54(29-53)76(4,5)6)69-61-31-65-67(73(51(39-83)40-84)59-27-45-19-15-13-17-43(45)25-57(59)71(65)49(35-79)36-80)33-63(61)70(48-23-55(77(7,8)9)30-56(24-48)78(10,11)12)64-34-68-66(32-62(64)69)72(50(37-81)38-82)58-26-44-18-14-16-20-46(44)28-60(58)74(68)52(41-85)42-86/h13-34H,1-12H3. The Morgan fingerprint density at radius 1 is 0.244 bits per heavy atom. The van der Waals surface area contributed by atoms with Gasteiger partial charge in [-0.25, -0.2) is 0 Å². The van der Waals surface area contributed by atoms with E-state index in [9.17, 15) is 42.1 Å². The molecule has 11 aromatic carbocycles. The maximum Gasteiger partial charge on any atom is 0.138 e. The number of rotatable bonds is 2. The van der Waals surface area contributed by atoms with Gasteiger partial charge in [0, 0.05) is 20.9 Å². The molecule has 0 unspecified atom stereocenters. The van der Waals surface area contributed by atoms with Crippen molar-refractivity contribution in [2.45, 2.75) is 105 Å². The van der Waals surface area contributed by atoms with Crippen molar-refractivity contribution in [2.24, 2.45) is 0 Å². The Kier molecular flexibility index (Phi) is 13.4. The minimum atomic E-state index is -0.361. The molecule has 0 saturated heterocycles. The van der Waals surface area contributed by atoms with E-state index in [1.807, 2.05) is 97.1 Å². The van der Waals surface area contributed by atoms with Crippen LogP contribution in [0.5, 0.6) is 0 Å². The fourth-order valence-electron chi connectivity index (χ4n) is 12.6. The highest BCUT2D eigenvalue weighted by molar-refractivity contribution is 6.27. The summed E-state index contributed by atoms with van der Waals surface area (Å²) in [5, 5.41) is 100. The van der Waals surface area contributed by atoms with Crippen LogP contribution in [-0.4, -0.2) is 0 Å². The Balaban J connectivity index is 1.61. The molecule has 86 heavy (non-hydrogen) atoms. The Morgan fingerprint density at radius 3 is 0.605 bits per heavy atom. The molecular weight excluding hydrogens is 1050 g/mol. The van der Waals surface area contributed by atoms with Gasteiger partial charge in [-0.3, -0.25) is 0 Å². The van der Waals surface area contributed by atoms with Crippen LogP contribution in [0.3, 0.4) is 0 Å². The SMILES string of the molecule is CC(C)(C)c1cc(-c2c3cc4c(=C(C#N)C#N)c5cc6ccccc6cc5c(=C(C#N)C#N)c4cc3c(-c3cc(C(C)(C)C)cc(C(C)(C)C)c3)c3cc4c(=C(C#N)C#N)c5cc6ccccc6cc5c(=C(C#N)C#N)c4cc23)cc(C(C)(C)C)c1. The van der Waals surface area contributed by atoms with Gasteiger partial charge in [0.15, 0.2) is 0 Å². The summed E-state index contributed by atoms with van der Waals surface area (Å²) >= 11 is 0. The fraction of sp³-hybridized carbons (Fsp3) is 0.205. The normalized spacial score (nSPS) is 11.9. The molecule has 410 valence electrons. The van der Waals surface area contributed by atoms with Crippen molar-refractivity contribution in [2.75, 3.05) is 0 Å². The molecule has 0 spiro atoms. The summed E-state index contributed by atoms with van der Waals surface area (Å²) in [5.74, 6) is 0. The van der Waals surface area contributed by atoms with Gasteiger partial charge in [0.25, 0.3) is 0 Å². The molecule has 0 saturated carbocycles. The van der Waals surface area contributed by atoms with Crippen molar-refractivity contribution in [1.82, 2.24) is 0 Å². The molecule has 0 fully saturated rings. The lowest BCUT2D eigenvalue weighted by molar-refractivity contribution is 0.568. The zero-order valence-corrected chi connectivity index (χ0v) is 50.3. The predicted octanol–water partition coefficient (Wildman–Crippen LogP) is 16.2. The number of hydrogen-bond acceptors (Lipinski definition) is 8. The Bertz CT molecular complexity index is 4840. The van der Waals surface area contributed by atoms with Gasteiger partial charge < -0.3 is 0 Å². The minimum absolute atomic E-state index is 0.155. The molecule has 11 aromatic rings. The van der Waals surface area contributed by atoms with E-state index >= 15 is 0 Å². The Morgan fingerprint density at radius 2 is 0.430 bits per heavy atom. The molecule has 8 nitrogen and oxygen atoms in total. The van der Waals surface area contributed by atoms with E-state index in [1.165, 1.54) is 0 Å². The van der Waals surface area contributed by atoms with E-state index in [0.29, 0.717) is 85.5 Å². The van der Waals surface area contributed by atoms with Crippen LogP contribution < -0.4 is 20.9 Å². The summed E-state index contributed by atoms with van der Waals surface area (Å²) in [4.78, 5) is 0. The van der Waals surface area contributed by atoms with Crippen molar-refractivity contribution in [1.29, 1.82) is 42.1 Å². The maximum atomic E-state index is 11.1. The van der Waals surface area contributed by atoms with Crippen molar-refractivity contribution >= 4 is 108 Å². The number of hydrogen-bond donors (Lipinski definition) is 0. The van der Waals surface area contributed by atoms with Gasteiger partial charge in [0.05, 0.1) is 0 Å². The molecule has 0 N–H and O–H groups in total. The Hall–Kier alpha value is -11.1. The molecule has 11 rings (SSSR count). The van der Waals surface area contributed by atoms with Gasteiger partial charge in [-0.05, 0) is 201 Å². The highest BCUT2D eigenvalue weighted by atomic mass is 14.4. The molecule has 0 aliphatic heterocycles. The highest BCUT2D eigenvalue weighted by Crippen LogP contribution is 2.49. The van der Waals surface area contributed by atoms with Crippen LogP contribution in [0.4, 0.5) is 0 Å². The third-order valence-electron chi connectivity index (χ3n) is 17.1. The van der Waals surface area contributed by atoms with Crippen molar-refractivity contribution in [3.05, 3.63) is 177 Å². The minimum Gasteiger partial charge on any atom is -0.192 e.